The lowest BCUT2D eigenvalue weighted by Crippen LogP contribution is -2.40. The van der Waals surface area contributed by atoms with Gasteiger partial charge in [-0.25, -0.2) is 0 Å². The maximum absolute atomic E-state index is 6.17. The van der Waals surface area contributed by atoms with Crippen LogP contribution in [0.5, 0.6) is 5.75 Å². The molecular weight excluding hydrogens is 210 g/mol. The number of fused-ring (bicyclic) bond motifs is 1. The maximum Gasteiger partial charge on any atom is 0.128 e. The van der Waals surface area contributed by atoms with Crippen molar-refractivity contribution in [3.05, 3.63) is 28.8 Å². The molecule has 0 radical (unpaired) electrons. The van der Waals surface area contributed by atoms with E-state index in [0.29, 0.717) is 6.04 Å². The molecule has 1 N–H and O–H groups in total. The van der Waals surface area contributed by atoms with Gasteiger partial charge >= 0.3 is 0 Å². The molecule has 1 unspecified atom stereocenters. The zero-order valence-electron chi connectivity index (χ0n) is 11.6. The Morgan fingerprint density at radius 1 is 1.29 bits per heavy atom. The Morgan fingerprint density at radius 2 is 1.94 bits per heavy atom. The molecule has 17 heavy (non-hydrogen) atoms. The van der Waals surface area contributed by atoms with Crippen molar-refractivity contribution < 1.29 is 4.74 Å². The van der Waals surface area contributed by atoms with E-state index in [0.717, 1.165) is 18.7 Å². The smallest absolute Gasteiger partial charge is 0.128 e. The molecule has 0 spiro atoms. The molecule has 94 valence electrons. The Bertz CT molecular complexity index is 423. The van der Waals surface area contributed by atoms with Gasteiger partial charge in [-0.3, -0.25) is 0 Å². The predicted molar refractivity (Wildman–Crippen MR) is 71.7 cm³/mol. The Morgan fingerprint density at radius 3 is 2.59 bits per heavy atom. The minimum Gasteiger partial charge on any atom is -0.487 e. The van der Waals surface area contributed by atoms with Crippen molar-refractivity contribution in [1.82, 2.24) is 5.32 Å². The summed E-state index contributed by atoms with van der Waals surface area (Å²) in [6, 6.07) is 4.76. The Hall–Kier alpha value is -1.02. The van der Waals surface area contributed by atoms with Gasteiger partial charge in [-0.15, -0.1) is 0 Å². The number of ether oxygens (including phenoxy) is 1. The molecule has 1 heterocycles. The molecular formula is C15H23NO. The lowest BCUT2D eigenvalue weighted by molar-refractivity contribution is 0.0652. The Labute approximate surface area is 104 Å². The van der Waals surface area contributed by atoms with Crippen molar-refractivity contribution in [3.63, 3.8) is 0 Å². The third-order valence-corrected chi connectivity index (χ3v) is 3.48. The fraction of sp³-hybridized carbons (Fsp3) is 0.600. The first-order valence-electron chi connectivity index (χ1n) is 6.47. The molecule has 1 aliphatic heterocycles. The molecule has 1 aromatic rings. The van der Waals surface area contributed by atoms with Crippen molar-refractivity contribution in [2.75, 3.05) is 6.54 Å². The van der Waals surface area contributed by atoms with Crippen molar-refractivity contribution >= 4 is 0 Å². The summed E-state index contributed by atoms with van der Waals surface area (Å²) in [7, 11) is 0. The number of benzene rings is 1. The highest BCUT2D eigenvalue weighted by molar-refractivity contribution is 5.49. The fourth-order valence-electron chi connectivity index (χ4n) is 2.71. The molecule has 2 nitrogen and oxygen atoms in total. The van der Waals surface area contributed by atoms with Crippen LogP contribution in [0.1, 0.15) is 49.9 Å². The molecule has 2 heteroatoms. The van der Waals surface area contributed by atoms with Gasteiger partial charge in [-0.2, -0.15) is 0 Å². The first kappa shape index (κ1) is 12.4. The second-order valence-electron chi connectivity index (χ2n) is 5.62. The largest absolute Gasteiger partial charge is 0.487 e. The fourth-order valence-corrected chi connectivity index (χ4v) is 2.71. The average molecular weight is 233 g/mol. The molecule has 0 aliphatic carbocycles. The Balaban J connectivity index is 2.52. The van der Waals surface area contributed by atoms with Crippen LogP contribution in [0.15, 0.2) is 12.1 Å². The maximum atomic E-state index is 6.17. The van der Waals surface area contributed by atoms with Crippen LogP contribution in [0, 0.1) is 13.8 Å². The van der Waals surface area contributed by atoms with E-state index in [2.05, 4.69) is 52.1 Å². The van der Waals surface area contributed by atoms with Crippen LogP contribution in [-0.2, 0) is 0 Å². The summed E-state index contributed by atoms with van der Waals surface area (Å²) in [5, 5.41) is 3.58. The number of rotatable bonds is 2. The van der Waals surface area contributed by atoms with Crippen molar-refractivity contribution in [2.45, 2.75) is 52.7 Å². The van der Waals surface area contributed by atoms with E-state index in [4.69, 9.17) is 4.74 Å². The van der Waals surface area contributed by atoms with E-state index in [1.165, 1.54) is 16.7 Å². The van der Waals surface area contributed by atoms with Gasteiger partial charge in [-0.05, 0) is 45.4 Å². The van der Waals surface area contributed by atoms with Crippen molar-refractivity contribution in [3.8, 4) is 5.75 Å². The second-order valence-corrected chi connectivity index (χ2v) is 5.62. The van der Waals surface area contributed by atoms with Gasteiger partial charge in [0.25, 0.3) is 0 Å². The van der Waals surface area contributed by atoms with E-state index in [9.17, 15) is 0 Å². The first-order chi connectivity index (χ1) is 7.94. The molecule has 1 aromatic carbocycles. The van der Waals surface area contributed by atoms with Gasteiger partial charge in [0.15, 0.2) is 0 Å². The average Bonchev–Trinajstić information content (AvgIpc) is 2.22. The minimum atomic E-state index is -0.0849. The third kappa shape index (κ3) is 2.32. The quantitative estimate of drug-likeness (QED) is 0.844. The predicted octanol–water partition coefficient (Wildman–Crippen LogP) is 3.52. The number of hydrogen-bond acceptors (Lipinski definition) is 2. The highest BCUT2D eigenvalue weighted by atomic mass is 16.5. The van der Waals surface area contributed by atoms with Crippen LogP contribution in [0.25, 0.3) is 0 Å². The molecule has 1 aliphatic rings. The number of nitrogens with one attached hydrogen (secondary N) is 1. The topological polar surface area (TPSA) is 21.3 Å². The molecule has 0 fully saturated rings. The van der Waals surface area contributed by atoms with Crippen LogP contribution in [0.4, 0.5) is 0 Å². The molecule has 0 aromatic heterocycles. The van der Waals surface area contributed by atoms with E-state index in [-0.39, 0.29) is 5.60 Å². The van der Waals surface area contributed by atoms with Crippen LogP contribution < -0.4 is 10.1 Å². The zero-order valence-corrected chi connectivity index (χ0v) is 11.6. The van der Waals surface area contributed by atoms with E-state index >= 15 is 0 Å². The van der Waals surface area contributed by atoms with Crippen molar-refractivity contribution in [2.24, 2.45) is 0 Å². The second kappa shape index (κ2) is 4.34. The molecule has 1 atom stereocenters. The highest BCUT2D eigenvalue weighted by Gasteiger charge is 2.34. The van der Waals surface area contributed by atoms with E-state index in [1.54, 1.807) is 0 Å². The molecule has 2 rings (SSSR count). The summed E-state index contributed by atoms with van der Waals surface area (Å²) in [6.45, 7) is 11.8. The van der Waals surface area contributed by atoms with Crippen LogP contribution in [-0.4, -0.2) is 12.1 Å². The van der Waals surface area contributed by atoms with Crippen LogP contribution >= 0.6 is 0 Å². The van der Waals surface area contributed by atoms with E-state index in [1.807, 2.05) is 0 Å². The number of aryl methyl sites for hydroxylation is 2. The lowest BCUT2D eigenvalue weighted by atomic mass is 9.86. The van der Waals surface area contributed by atoms with Gasteiger partial charge in [0.05, 0.1) is 0 Å². The molecule has 0 amide bonds. The summed E-state index contributed by atoms with van der Waals surface area (Å²) >= 11 is 0. The molecule has 0 saturated carbocycles. The number of hydrogen-bond donors (Lipinski definition) is 1. The lowest BCUT2D eigenvalue weighted by Gasteiger charge is -2.39. The van der Waals surface area contributed by atoms with E-state index < -0.39 is 0 Å². The monoisotopic (exact) mass is 233 g/mol. The molecule has 0 bridgehead atoms. The van der Waals surface area contributed by atoms with Gasteiger partial charge in [0, 0.05) is 18.0 Å². The summed E-state index contributed by atoms with van der Waals surface area (Å²) in [5.41, 5.74) is 3.83. The Kier molecular flexibility index (Phi) is 3.17. The van der Waals surface area contributed by atoms with Crippen molar-refractivity contribution in [1.29, 1.82) is 0 Å². The van der Waals surface area contributed by atoms with Gasteiger partial charge in [0.2, 0.25) is 0 Å². The minimum absolute atomic E-state index is 0.0849. The third-order valence-electron chi connectivity index (χ3n) is 3.48. The first-order valence-corrected chi connectivity index (χ1v) is 6.47. The summed E-state index contributed by atoms with van der Waals surface area (Å²) in [5.74, 6) is 1.09. The van der Waals surface area contributed by atoms with Gasteiger partial charge in [0.1, 0.15) is 11.4 Å². The van der Waals surface area contributed by atoms with Gasteiger partial charge in [-0.1, -0.05) is 19.1 Å². The van der Waals surface area contributed by atoms with Crippen LogP contribution in [0.2, 0.25) is 0 Å². The normalized spacial score (nSPS) is 21.8. The molecule has 0 saturated heterocycles. The SMILES string of the molecule is CCNC1CC(C)(C)Oc2c(C)ccc(C)c21. The van der Waals surface area contributed by atoms with Gasteiger partial charge < -0.3 is 10.1 Å². The zero-order chi connectivity index (χ0) is 12.6. The standard InChI is InChI=1S/C15H23NO/c1-6-16-12-9-15(4,5)17-14-11(3)8-7-10(2)13(12)14/h7-8,12,16H,6,9H2,1-5H3. The summed E-state index contributed by atoms with van der Waals surface area (Å²) in [6.07, 6.45) is 1.03. The van der Waals surface area contributed by atoms with Crippen LogP contribution in [0.3, 0.4) is 0 Å². The summed E-state index contributed by atoms with van der Waals surface area (Å²) < 4.78 is 6.17. The summed E-state index contributed by atoms with van der Waals surface area (Å²) in [4.78, 5) is 0. The highest BCUT2D eigenvalue weighted by Crippen LogP contribution is 2.42.